The Labute approximate surface area is 669 Å². The van der Waals surface area contributed by atoms with Crippen LogP contribution in [-0.2, 0) is 56.8 Å². The number of rotatable bonds is 10. The van der Waals surface area contributed by atoms with E-state index in [1.807, 2.05) is 0 Å². The minimum Gasteiger partial charge on any atom is -0.326 e. The molecule has 0 aliphatic heterocycles. The van der Waals surface area contributed by atoms with E-state index in [-0.39, 0.29) is 43.3 Å². The van der Waals surface area contributed by atoms with Gasteiger partial charge in [-0.05, 0) is 177 Å². The zero-order valence-electron chi connectivity index (χ0n) is 70.8. The first kappa shape index (κ1) is 87.6. The first-order chi connectivity index (χ1) is 51.8. The third-order valence-corrected chi connectivity index (χ3v) is 21.6. The molecule has 12 aromatic rings. The maximum absolute atomic E-state index is 9.44. The summed E-state index contributed by atoms with van der Waals surface area (Å²) in [7, 11) is -6.40. The summed E-state index contributed by atoms with van der Waals surface area (Å²) in [6.45, 7) is 55.0. The van der Waals surface area contributed by atoms with Crippen LogP contribution in [0.15, 0.2) is 291 Å². The van der Waals surface area contributed by atoms with Gasteiger partial charge in [0.05, 0.1) is 0 Å². The molecule has 0 spiro atoms. The Balaban J connectivity index is 0.000000180. The van der Waals surface area contributed by atoms with E-state index in [1.165, 1.54) is 134 Å². The van der Waals surface area contributed by atoms with Crippen LogP contribution in [0.4, 0.5) is 0 Å². The normalized spacial score (nSPS) is 12.6. The lowest BCUT2D eigenvalue weighted by atomic mass is 9.77. The molecule has 2 atom stereocenters. The van der Waals surface area contributed by atoms with Gasteiger partial charge >= 0.3 is 16.5 Å². The van der Waals surface area contributed by atoms with Crippen LogP contribution in [0.25, 0.3) is 89.0 Å². The third-order valence-electron chi connectivity index (χ3n) is 20.2. The van der Waals surface area contributed by atoms with Gasteiger partial charge in [-0.3, -0.25) is 9.13 Å². The minimum absolute atomic E-state index is 0.106. The van der Waals surface area contributed by atoms with Gasteiger partial charge in [0.25, 0.3) is 0 Å². The number of hydrogen-bond acceptors (Lipinski definition) is 3. The first-order valence-corrected chi connectivity index (χ1v) is 41.7. The molecule has 111 heavy (non-hydrogen) atoms. The van der Waals surface area contributed by atoms with Gasteiger partial charge in [0.15, 0.2) is 0 Å². The summed E-state index contributed by atoms with van der Waals surface area (Å²) < 4.78 is 22.3. The highest BCUT2D eigenvalue weighted by Crippen LogP contribution is 2.43. The van der Waals surface area contributed by atoms with Crippen molar-refractivity contribution in [2.45, 2.75) is 209 Å². The molecule has 0 bridgehead atoms. The van der Waals surface area contributed by atoms with E-state index in [4.69, 9.17) is 9.79 Å². The molecule has 2 unspecified atom stereocenters. The van der Waals surface area contributed by atoms with Gasteiger partial charge in [-0.25, -0.2) is 4.31 Å². The highest BCUT2D eigenvalue weighted by Gasteiger charge is 2.28. The lowest BCUT2D eigenvalue weighted by Gasteiger charge is -2.27. The molecule has 0 aliphatic rings. The van der Waals surface area contributed by atoms with E-state index in [9.17, 15) is 9.13 Å². The summed E-state index contributed by atoms with van der Waals surface area (Å²) in [6.07, 6.45) is 0. The summed E-state index contributed by atoms with van der Waals surface area (Å²) in [4.78, 5) is 15.4. The molecule has 12 aromatic carbocycles. The molecule has 0 heterocycles. The van der Waals surface area contributed by atoms with Crippen LogP contribution >= 0.6 is 16.5 Å². The largest absolute Gasteiger partial charge is 0.326 e. The van der Waals surface area contributed by atoms with Crippen LogP contribution < -0.4 is 0 Å². The van der Waals surface area contributed by atoms with Crippen molar-refractivity contribution in [3.05, 3.63) is 336 Å². The summed E-state index contributed by atoms with van der Waals surface area (Å²) in [6, 6.07) is 106. The fraction of sp³-hybridized carbons (Fsp3) is 0.308. The Hall–Kier alpha value is -9.02. The van der Waals surface area contributed by atoms with Crippen LogP contribution in [0.1, 0.15) is 211 Å². The molecular formula is C104H124O5P2. The van der Waals surface area contributed by atoms with Crippen LogP contribution in [0.3, 0.4) is 0 Å². The van der Waals surface area contributed by atoms with E-state index in [0.29, 0.717) is 0 Å². The second-order valence-electron chi connectivity index (χ2n) is 37.4. The average molecular weight is 1520 g/mol. The molecular weight excluding hydrogens is 1390 g/mol. The van der Waals surface area contributed by atoms with Crippen LogP contribution in [0.5, 0.6) is 0 Å². The molecule has 7 heteroatoms. The van der Waals surface area contributed by atoms with Crippen molar-refractivity contribution in [2.24, 2.45) is 0 Å². The Morgan fingerprint density at radius 3 is 0.459 bits per heavy atom. The Morgan fingerprint density at radius 2 is 0.333 bits per heavy atom. The van der Waals surface area contributed by atoms with E-state index in [0.717, 1.165) is 0 Å². The van der Waals surface area contributed by atoms with Gasteiger partial charge in [0.2, 0.25) is 0 Å². The lowest BCUT2D eigenvalue weighted by Crippen LogP contribution is -2.17. The Kier molecular flexibility index (Phi) is 28.9. The number of benzene rings is 12. The fourth-order valence-electron chi connectivity index (χ4n) is 13.5. The Bertz CT molecular complexity index is 4380. The smallest absolute Gasteiger partial charge is 0.323 e. The summed E-state index contributed by atoms with van der Waals surface area (Å²) in [5, 5.41) is 0. The summed E-state index contributed by atoms with van der Waals surface area (Å²) in [5.74, 6) is 0. The molecule has 12 rings (SSSR count). The van der Waals surface area contributed by atoms with Crippen LogP contribution in [0.2, 0.25) is 0 Å². The maximum Gasteiger partial charge on any atom is 0.323 e. The summed E-state index contributed by atoms with van der Waals surface area (Å²) in [5.41, 5.74) is 32.9. The van der Waals surface area contributed by atoms with E-state index in [2.05, 4.69) is 462 Å². The molecule has 580 valence electrons. The quantitative estimate of drug-likeness (QED) is 0.133. The van der Waals surface area contributed by atoms with Crippen LogP contribution in [0, 0.1) is 0 Å². The van der Waals surface area contributed by atoms with E-state index < -0.39 is 16.5 Å². The van der Waals surface area contributed by atoms with Crippen LogP contribution in [-0.4, -0.2) is 9.79 Å². The van der Waals surface area contributed by atoms with Crippen molar-refractivity contribution < 1.29 is 23.2 Å². The van der Waals surface area contributed by atoms with Gasteiger partial charge < -0.3 is 9.79 Å². The van der Waals surface area contributed by atoms with Crippen molar-refractivity contribution in [1.82, 2.24) is 0 Å². The zero-order valence-corrected chi connectivity index (χ0v) is 72.8. The van der Waals surface area contributed by atoms with Gasteiger partial charge in [-0.15, -0.1) is 0 Å². The zero-order chi connectivity index (χ0) is 81.7. The molecule has 0 amide bonds. The van der Waals surface area contributed by atoms with Crippen molar-refractivity contribution in [3.63, 3.8) is 0 Å². The third kappa shape index (κ3) is 25.0. The number of hydrogen-bond donors (Lipinski definition) is 2. The summed E-state index contributed by atoms with van der Waals surface area (Å²) >= 11 is 0. The lowest BCUT2D eigenvalue weighted by molar-refractivity contribution is 0.371. The topological polar surface area (TPSA) is 83.8 Å². The minimum atomic E-state index is -3.20. The van der Waals surface area contributed by atoms with E-state index in [1.54, 1.807) is 0 Å². The average Bonchev–Trinajstić information content (AvgIpc) is 0.798. The Morgan fingerprint density at radius 1 is 0.189 bits per heavy atom. The predicted octanol–water partition coefficient (Wildman–Crippen LogP) is 30.2. The van der Waals surface area contributed by atoms with Gasteiger partial charge in [-0.2, -0.15) is 0 Å². The second-order valence-corrected chi connectivity index (χ2v) is 39.3. The van der Waals surface area contributed by atoms with Crippen molar-refractivity contribution in [3.8, 4) is 89.0 Å². The molecule has 0 saturated carbocycles. The van der Waals surface area contributed by atoms with Gasteiger partial charge in [0, 0.05) is 0 Å². The van der Waals surface area contributed by atoms with Gasteiger partial charge in [-0.1, -0.05) is 457 Å². The highest BCUT2D eigenvalue weighted by molar-refractivity contribution is 7.46. The molecule has 0 radical (unpaired) electrons. The first-order valence-electron chi connectivity index (χ1n) is 39.1. The van der Waals surface area contributed by atoms with E-state index >= 15 is 0 Å². The fourth-order valence-corrected chi connectivity index (χ4v) is 14.1. The molecule has 5 nitrogen and oxygen atoms in total. The van der Waals surface area contributed by atoms with Crippen molar-refractivity contribution in [2.75, 3.05) is 0 Å². The van der Waals surface area contributed by atoms with Gasteiger partial charge in [0.1, 0.15) is 0 Å². The molecule has 0 aromatic heterocycles. The van der Waals surface area contributed by atoms with Crippen molar-refractivity contribution >= 4 is 16.5 Å². The molecule has 0 saturated heterocycles. The highest BCUT2D eigenvalue weighted by atomic mass is 31.2. The molecule has 0 aliphatic carbocycles. The van der Waals surface area contributed by atoms with Crippen molar-refractivity contribution in [1.29, 1.82) is 0 Å². The molecule has 2 N–H and O–H groups in total. The molecule has 0 fully saturated rings. The SMILES string of the molecule is CC(C)(C)c1ccc(-c2ccc(-c3ccccc3)cc2)c(C(C)(C)C)c1.CC(C)(C)c1ccc(-c2ccc(-c3ccccc3)cc2)c(C(C)(C)C)c1.CC(C)(C)c1ccc(-c2ccc(-c3ccccc3)cc2)c(C(C)(C)C)c1.CC(C)(C)c1ccc(-c2ccc(-c3ccccc3)cc2)c(C(C)(C)C)c1.O=[PH](O)O[PH](=O)O. The monoisotopic (exact) mass is 1510 g/mol. The maximum atomic E-state index is 9.44. The standard InChI is InChI=1S/4C26H30.H4O5P2/c4*1-25(2,3)22-16-17-23(24(18-22)26(4,5)6)21-14-12-20(13-15-21)19-10-8-7-9-11-19;1-6(2)5-7(3)4/h4*7-18H,1-6H3;6-7H,(H,1,2)(H,3,4). The predicted molar refractivity (Wildman–Crippen MR) is 482 cm³/mol. The second kappa shape index (κ2) is 36.6.